The zero-order valence-corrected chi connectivity index (χ0v) is 7.58. The van der Waals surface area contributed by atoms with Crippen molar-refractivity contribution in [2.24, 2.45) is 0 Å². The first-order chi connectivity index (χ1) is 6.40. The van der Waals surface area contributed by atoms with Gasteiger partial charge in [-0.2, -0.15) is 0 Å². The lowest BCUT2D eigenvalue weighted by molar-refractivity contribution is 0.613. The van der Waals surface area contributed by atoms with Crippen LogP contribution < -0.4 is 5.32 Å². The fourth-order valence-electron chi connectivity index (χ4n) is 1.26. The number of furan rings is 1. The quantitative estimate of drug-likeness (QED) is 0.776. The summed E-state index contributed by atoms with van der Waals surface area (Å²) in [5, 5.41) is 4.34. The highest BCUT2D eigenvalue weighted by molar-refractivity contribution is 5.76. The summed E-state index contributed by atoms with van der Waals surface area (Å²) < 4.78 is 5.19. The standard InChI is InChI=1S/C10H12N2O/c1-2-11-6-9-5-8-3-4-13-10(8)7-12-9/h3-5,7,11H,2,6H2,1H3. The Morgan fingerprint density at radius 3 is 3.31 bits per heavy atom. The molecule has 0 fully saturated rings. The number of hydrogen-bond acceptors (Lipinski definition) is 3. The number of nitrogens with one attached hydrogen (secondary N) is 1. The molecule has 2 aromatic rings. The highest BCUT2D eigenvalue weighted by atomic mass is 16.3. The predicted octanol–water partition coefficient (Wildman–Crippen LogP) is 1.94. The molecule has 0 aliphatic carbocycles. The summed E-state index contributed by atoms with van der Waals surface area (Å²) in [6.45, 7) is 3.86. The summed E-state index contributed by atoms with van der Waals surface area (Å²) in [5.74, 6) is 0. The summed E-state index contributed by atoms with van der Waals surface area (Å²) in [6.07, 6.45) is 3.45. The SMILES string of the molecule is CCNCc1cc2ccoc2cn1. The van der Waals surface area contributed by atoms with Gasteiger partial charge in [0.15, 0.2) is 5.58 Å². The third-order valence-electron chi connectivity index (χ3n) is 1.95. The Morgan fingerprint density at radius 1 is 1.54 bits per heavy atom. The average Bonchev–Trinajstić information content (AvgIpc) is 2.61. The molecule has 0 spiro atoms. The van der Waals surface area contributed by atoms with Crippen molar-refractivity contribution in [1.29, 1.82) is 0 Å². The van der Waals surface area contributed by atoms with Crippen LogP contribution in [0.2, 0.25) is 0 Å². The van der Waals surface area contributed by atoms with Crippen molar-refractivity contribution >= 4 is 11.0 Å². The first-order valence-corrected chi connectivity index (χ1v) is 4.43. The zero-order valence-electron chi connectivity index (χ0n) is 7.58. The van der Waals surface area contributed by atoms with Crippen LogP contribution in [-0.2, 0) is 6.54 Å². The molecule has 68 valence electrons. The fourth-order valence-corrected chi connectivity index (χ4v) is 1.26. The largest absolute Gasteiger partial charge is 0.463 e. The van der Waals surface area contributed by atoms with Crippen molar-refractivity contribution < 1.29 is 4.42 Å². The molecule has 0 saturated carbocycles. The van der Waals surface area contributed by atoms with Crippen molar-refractivity contribution in [3.05, 3.63) is 30.3 Å². The van der Waals surface area contributed by atoms with Gasteiger partial charge in [0.1, 0.15) is 0 Å². The van der Waals surface area contributed by atoms with E-state index in [0.29, 0.717) is 0 Å². The van der Waals surface area contributed by atoms with Gasteiger partial charge in [-0.25, -0.2) is 0 Å². The number of aromatic nitrogens is 1. The van der Waals surface area contributed by atoms with Gasteiger partial charge in [0.05, 0.1) is 18.2 Å². The van der Waals surface area contributed by atoms with E-state index >= 15 is 0 Å². The van der Waals surface area contributed by atoms with Gasteiger partial charge in [0.2, 0.25) is 0 Å². The molecule has 2 aromatic heterocycles. The summed E-state index contributed by atoms with van der Waals surface area (Å²) in [7, 11) is 0. The molecular weight excluding hydrogens is 164 g/mol. The second kappa shape index (κ2) is 3.58. The molecule has 0 radical (unpaired) electrons. The van der Waals surface area contributed by atoms with E-state index in [1.54, 1.807) is 12.5 Å². The Bertz CT molecular complexity index is 394. The van der Waals surface area contributed by atoms with Crippen molar-refractivity contribution in [3.63, 3.8) is 0 Å². The first kappa shape index (κ1) is 8.26. The molecule has 0 aliphatic heterocycles. The van der Waals surface area contributed by atoms with E-state index < -0.39 is 0 Å². The fraction of sp³-hybridized carbons (Fsp3) is 0.300. The van der Waals surface area contributed by atoms with Crippen molar-refractivity contribution in [2.45, 2.75) is 13.5 Å². The van der Waals surface area contributed by atoms with Gasteiger partial charge in [-0.1, -0.05) is 6.92 Å². The van der Waals surface area contributed by atoms with Gasteiger partial charge in [-0.3, -0.25) is 4.98 Å². The topological polar surface area (TPSA) is 38.1 Å². The van der Waals surface area contributed by atoms with E-state index in [1.807, 2.05) is 12.1 Å². The number of hydrogen-bond donors (Lipinski definition) is 1. The summed E-state index contributed by atoms with van der Waals surface area (Å²) >= 11 is 0. The minimum atomic E-state index is 0.817. The van der Waals surface area contributed by atoms with Gasteiger partial charge in [0.25, 0.3) is 0 Å². The maximum absolute atomic E-state index is 5.19. The highest BCUT2D eigenvalue weighted by Gasteiger charge is 1.98. The first-order valence-electron chi connectivity index (χ1n) is 4.43. The van der Waals surface area contributed by atoms with E-state index in [1.165, 1.54) is 0 Å². The minimum absolute atomic E-state index is 0.817. The molecule has 0 aromatic carbocycles. The molecule has 2 heterocycles. The van der Waals surface area contributed by atoms with Crippen LogP contribution in [0.15, 0.2) is 29.0 Å². The molecule has 2 rings (SSSR count). The Hall–Kier alpha value is -1.35. The molecule has 3 nitrogen and oxygen atoms in total. The molecule has 0 saturated heterocycles. The smallest absolute Gasteiger partial charge is 0.152 e. The second-order valence-corrected chi connectivity index (χ2v) is 2.91. The molecule has 3 heteroatoms. The summed E-state index contributed by atoms with van der Waals surface area (Å²) in [6, 6.07) is 3.99. The molecule has 0 atom stereocenters. The third-order valence-corrected chi connectivity index (χ3v) is 1.95. The van der Waals surface area contributed by atoms with Crippen LogP contribution in [-0.4, -0.2) is 11.5 Å². The maximum Gasteiger partial charge on any atom is 0.152 e. The average molecular weight is 176 g/mol. The van der Waals surface area contributed by atoms with Crippen molar-refractivity contribution in [3.8, 4) is 0 Å². The van der Waals surface area contributed by atoms with E-state index in [2.05, 4.69) is 17.2 Å². The van der Waals surface area contributed by atoms with E-state index in [9.17, 15) is 0 Å². The van der Waals surface area contributed by atoms with Crippen molar-refractivity contribution in [2.75, 3.05) is 6.54 Å². The maximum atomic E-state index is 5.19. The van der Waals surface area contributed by atoms with E-state index in [4.69, 9.17) is 4.42 Å². The monoisotopic (exact) mass is 176 g/mol. The van der Waals surface area contributed by atoms with Crippen LogP contribution >= 0.6 is 0 Å². The lowest BCUT2D eigenvalue weighted by Gasteiger charge is -1.99. The van der Waals surface area contributed by atoms with Crippen LogP contribution in [0.5, 0.6) is 0 Å². The Kier molecular flexibility index (Phi) is 2.27. The van der Waals surface area contributed by atoms with Crippen LogP contribution in [0, 0.1) is 0 Å². The predicted molar refractivity (Wildman–Crippen MR) is 51.4 cm³/mol. The molecule has 13 heavy (non-hydrogen) atoms. The number of rotatable bonds is 3. The lowest BCUT2D eigenvalue weighted by atomic mass is 10.2. The van der Waals surface area contributed by atoms with Gasteiger partial charge < -0.3 is 9.73 Å². The van der Waals surface area contributed by atoms with E-state index in [0.717, 1.165) is 29.8 Å². The summed E-state index contributed by atoms with van der Waals surface area (Å²) in [5.41, 5.74) is 1.90. The Balaban J connectivity index is 2.26. The van der Waals surface area contributed by atoms with E-state index in [-0.39, 0.29) is 0 Å². The van der Waals surface area contributed by atoms with Crippen LogP contribution in [0.3, 0.4) is 0 Å². The molecule has 1 N–H and O–H groups in total. The normalized spacial score (nSPS) is 10.8. The zero-order chi connectivity index (χ0) is 9.10. The molecule has 0 bridgehead atoms. The third kappa shape index (κ3) is 1.70. The van der Waals surface area contributed by atoms with Crippen LogP contribution in [0.25, 0.3) is 11.0 Å². The molecular formula is C10H12N2O. The lowest BCUT2D eigenvalue weighted by Crippen LogP contribution is -2.12. The van der Waals surface area contributed by atoms with Gasteiger partial charge in [0, 0.05) is 11.9 Å². The van der Waals surface area contributed by atoms with Gasteiger partial charge in [-0.15, -0.1) is 0 Å². The van der Waals surface area contributed by atoms with Crippen molar-refractivity contribution in [1.82, 2.24) is 10.3 Å². The number of nitrogens with zero attached hydrogens (tertiary/aromatic N) is 1. The highest BCUT2D eigenvalue weighted by Crippen LogP contribution is 2.14. The molecule has 0 amide bonds. The van der Waals surface area contributed by atoms with Crippen LogP contribution in [0.4, 0.5) is 0 Å². The molecule has 0 aliphatic rings. The Labute approximate surface area is 76.8 Å². The summed E-state index contributed by atoms with van der Waals surface area (Å²) in [4.78, 5) is 4.26. The second-order valence-electron chi connectivity index (χ2n) is 2.91. The number of pyridine rings is 1. The van der Waals surface area contributed by atoms with Crippen LogP contribution in [0.1, 0.15) is 12.6 Å². The Morgan fingerprint density at radius 2 is 2.46 bits per heavy atom. The van der Waals surface area contributed by atoms with Gasteiger partial charge >= 0.3 is 0 Å². The minimum Gasteiger partial charge on any atom is -0.463 e. The van der Waals surface area contributed by atoms with Gasteiger partial charge in [-0.05, 0) is 18.7 Å². The number of fused-ring (bicyclic) bond motifs is 1. The molecule has 0 unspecified atom stereocenters.